The second-order valence-corrected chi connectivity index (χ2v) is 5.84. The van der Waals surface area contributed by atoms with E-state index >= 15 is 0 Å². The van der Waals surface area contributed by atoms with E-state index in [0.717, 1.165) is 18.4 Å². The van der Waals surface area contributed by atoms with Gasteiger partial charge in [0, 0.05) is 23.6 Å². The third-order valence-electron chi connectivity index (χ3n) is 3.35. The molecule has 0 heterocycles. The van der Waals surface area contributed by atoms with Crippen molar-refractivity contribution in [2.45, 2.75) is 32.7 Å². The van der Waals surface area contributed by atoms with Crippen molar-refractivity contribution in [2.24, 2.45) is 5.92 Å². The molecule has 0 unspecified atom stereocenters. The summed E-state index contributed by atoms with van der Waals surface area (Å²) in [5, 5.41) is 2.91. The zero-order valence-corrected chi connectivity index (χ0v) is 13.3. The number of benzene rings is 1. The van der Waals surface area contributed by atoms with Crippen molar-refractivity contribution in [3.8, 4) is 0 Å². The smallest absolute Gasteiger partial charge is 0.262 e. The molecule has 6 heteroatoms. The van der Waals surface area contributed by atoms with Gasteiger partial charge in [-0.3, -0.25) is 25.2 Å². The monoisotopic (exact) mass is 315 g/mol. The predicted octanol–water partition coefficient (Wildman–Crippen LogP) is 1.40. The molecule has 0 aliphatic heterocycles. The van der Waals surface area contributed by atoms with Gasteiger partial charge in [-0.2, -0.15) is 0 Å². The fraction of sp³-hybridized carbons (Fsp3) is 0.353. The van der Waals surface area contributed by atoms with E-state index in [4.69, 9.17) is 0 Å². The first kappa shape index (κ1) is 16.7. The molecule has 3 amide bonds. The summed E-state index contributed by atoms with van der Waals surface area (Å²) in [5.74, 6) is -0.946. The fourth-order valence-corrected chi connectivity index (χ4v) is 1.72. The Morgan fingerprint density at radius 2 is 1.74 bits per heavy atom. The van der Waals surface area contributed by atoms with Gasteiger partial charge in [0.25, 0.3) is 11.8 Å². The Morgan fingerprint density at radius 3 is 2.30 bits per heavy atom. The summed E-state index contributed by atoms with van der Waals surface area (Å²) in [6.45, 7) is 3.47. The minimum absolute atomic E-state index is 0.0721. The van der Waals surface area contributed by atoms with Crippen molar-refractivity contribution < 1.29 is 14.4 Å². The minimum Gasteiger partial charge on any atom is -0.349 e. The number of nitrogens with one attached hydrogen (secondary N) is 3. The van der Waals surface area contributed by atoms with E-state index in [0.29, 0.717) is 11.6 Å². The Kier molecular flexibility index (Phi) is 5.51. The summed E-state index contributed by atoms with van der Waals surface area (Å²) < 4.78 is 0. The van der Waals surface area contributed by atoms with E-state index in [1.807, 2.05) is 0 Å². The van der Waals surface area contributed by atoms with Gasteiger partial charge in [0.2, 0.25) is 5.91 Å². The SMILES string of the molecule is CC(C)C(=O)NNC(=O)/C=C\c1ccc(C(=O)NC2CC2)cc1. The Labute approximate surface area is 135 Å². The van der Waals surface area contributed by atoms with Gasteiger partial charge in [0.05, 0.1) is 0 Å². The van der Waals surface area contributed by atoms with Crippen LogP contribution in [0, 0.1) is 5.92 Å². The number of carbonyl (C=O) groups excluding carboxylic acids is 3. The van der Waals surface area contributed by atoms with Gasteiger partial charge in [0.15, 0.2) is 0 Å². The Bertz CT molecular complexity index is 616. The van der Waals surface area contributed by atoms with Crippen LogP contribution >= 0.6 is 0 Å². The lowest BCUT2D eigenvalue weighted by molar-refractivity contribution is -0.128. The molecule has 1 aromatic rings. The minimum atomic E-state index is -0.422. The number of hydrogen-bond donors (Lipinski definition) is 3. The average Bonchev–Trinajstić information content (AvgIpc) is 3.34. The molecule has 0 bridgehead atoms. The third-order valence-corrected chi connectivity index (χ3v) is 3.35. The first-order chi connectivity index (χ1) is 11.0. The zero-order chi connectivity index (χ0) is 16.8. The van der Waals surface area contributed by atoms with Crippen molar-refractivity contribution in [1.29, 1.82) is 0 Å². The van der Waals surface area contributed by atoms with Gasteiger partial charge in [-0.05, 0) is 36.6 Å². The van der Waals surface area contributed by atoms with Crippen LogP contribution in [-0.4, -0.2) is 23.8 Å². The standard InChI is InChI=1S/C17H21N3O3/c1-11(2)16(22)20-19-15(21)10-5-12-3-6-13(7-4-12)17(23)18-14-8-9-14/h3-7,10-11,14H,8-9H2,1-2H3,(H,18,23)(H,19,21)(H,20,22)/b10-5-. The topological polar surface area (TPSA) is 87.3 Å². The maximum absolute atomic E-state index is 11.8. The highest BCUT2D eigenvalue weighted by atomic mass is 16.2. The molecular weight excluding hydrogens is 294 g/mol. The van der Waals surface area contributed by atoms with Gasteiger partial charge in [-0.25, -0.2) is 0 Å². The highest BCUT2D eigenvalue weighted by Crippen LogP contribution is 2.19. The Morgan fingerprint density at radius 1 is 1.09 bits per heavy atom. The highest BCUT2D eigenvalue weighted by molar-refractivity contribution is 5.95. The van der Waals surface area contributed by atoms with Crippen LogP contribution in [0.4, 0.5) is 0 Å². The van der Waals surface area contributed by atoms with Gasteiger partial charge in [-0.1, -0.05) is 26.0 Å². The third kappa shape index (κ3) is 5.58. The van der Waals surface area contributed by atoms with E-state index in [1.54, 1.807) is 44.2 Å². The van der Waals surface area contributed by atoms with Gasteiger partial charge >= 0.3 is 0 Å². The maximum atomic E-state index is 11.8. The number of hydrogen-bond acceptors (Lipinski definition) is 3. The van der Waals surface area contributed by atoms with E-state index in [-0.39, 0.29) is 17.7 Å². The second-order valence-electron chi connectivity index (χ2n) is 5.84. The fourth-order valence-electron chi connectivity index (χ4n) is 1.72. The molecule has 122 valence electrons. The molecule has 1 aliphatic rings. The number of carbonyl (C=O) groups is 3. The van der Waals surface area contributed by atoms with Gasteiger partial charge in [0.1, 0.15) is 0 Å². The molecule has 0 aromatic heterocycles. The van der Waals surface area contributed by atoms with Crippen LogP contribution in [0.15, 0.2) is 30.3 Å². The molecule has 1 aromatic carbocycles. The molecule has 6 nitrogen and oxygen atoms in total. The second kappa shape index (κ2) is 7.58. The molecule has 2 rings (SSSR count). The van der Waals surface area contributed by atoms with Crippen LogP contribution in [0.2, 0.25) is 0 Å². The van der Waals surface area contributed by atoms with Gasteiger partial charge in [-0.15, -0.1) is 0 Å². The zero-order valence-electron chi connectivity index (χ0n) is 13.3. The highest BCUT2D eigenvalue weighted by Gasteiger charge is 2.23. The van der Waals surface area contributed by atoms with Crippen molar-refractivity contribution in [3.63, 3.8) is 0 Å². The number of hydrazine groups is 1. The molecule has 1 fully saturated rings. The van der Waals surface area contributed by atoms with E-state index in [9.17, 15) is 14.4 Å². The molecule has 0 spiro atoms. The first-order valence-corrected chi connectivity index (χ1v) is 7.64. The van der Waals surface area contributed by atoms with Crippen molar-refractivity contribution in [2.75, 3.05) is 0 Å². The molecule has 3 N–H and O–H groups in total. The Balaban J connectivity index is 1.83. The summed E-state index contributed by atoms with van der Waals surface area (Å²) >= 11 is 0. The average molecular weight is 315 g/mol. The summed E-state index contributed by atoms with van der Waals surface area (Å²) in [6, 6.07) is 7.29. The van der Waals surface area contributed by atoms with Crippen molar-refractivity contribution in [1.82, 2.24) is 16.2 Å². The summed E-state index contributed by atoms with van der Waals surface area (Å²) in [6.07, 6.45) is 5.03. The summed E-state index contributed by atoms with van der Waals surface area (Å²) in [7, 11) is 0. The molecule has 23 heavy (non-hydrogen) atoms. The lowest BCUT2D eigenvalue weighted by Gasteiger charge is -2.07. The lowest BCUT2D eigenvalue weighted by atomic mass is 10.1. The van der Waals surface area contributed by atoms with Crippen LogP contribution in [0.3, 0.4) is 0 Å². The van der Waals surface area contributed by atoms with Crippen LogP contribution in [0.25, 0.3) is 6.08 Å². The first-order valence-electron chi connectivity index (χ1n) is 7.64. The van der Waals surface area contributed by atoms with Crippen LogP contribution in [-0.2, 0) is 9.59 Å². The predicted molar refractivity (Wildman–Crippen MR) is 87.1 cm³/mol. The molecular formula is C17H21N3O3. The van der Waals surface area contributed by atoms with Crippen molar-refractivity contribution in [3.05, 3.63) is 41.5 Å². The van der Waals surface area contributed by atoms with E-state index in [1.165, 1.54) is 6.08 Å². The van der Waals surface area contributed by atoms with Crippen LogP contribution in [0.1, 0.15) is 42.6 Å². The largest absolute Gasteiger partial charge is 0.349 e. The maximum Gasteiger partial charge on any atom is 0.262 e. The summed E-state index contributed by atoms with van der Waals surface area (Å²) in [5.41, 5.74) is 6.02. The Hall–Kier alpha value is -2.63. The van der Waals surface area contributed by atoms with E-state index < -0.39 is 5.91 Å². The molecule has 1 saturated carbocycles. The number of amides is 3. The lowest BCUT2D eigenvalue weighted by Crippen LogP contribution is -2.42. The quantitative estimate of drug-likeness (QED) is 0.567. The molecule has 0 radical (unpaired) electrons. The number of rotatable bonds is 5. The molecule has 0 atom stereocenters. The molecule has 0 saturated heterocycles. The van der Waals surface area contributed by atoms with Gasteiger partial charge < -0.3 is 5.32 Å². The summed E-state index contributed by atoms with van der Waals surface area (Å²) in [4.78, 5) is 34.7. The van der Waals surface area contributed by atoms with Crippen LogP contribution < -0.4 is 16.2 Å². The normalized spacial score (nSPS) is 13.9. The van der Waals surface area contributed by atoms with Crippen molar-refractivity contribution >= 4 is 23.8 Å². The van der Waals surface area contributed by atoms with Crippen LogP contribution in [0.5, 0.6) is 0 Å². The van der Waals surface area contributed by atoms with E-state index in [2.05, 4.69) is 16.2 Å². The molecule has 1 aliphatic carbocycles.